The molecule has 1 aliphatic heterocycles. The van der Waals surface area contributed by atoms with Crippen molar-refractivity contribution in [2.75, 3.05) is 65.4 Å². The summed E-state index contributed by atoms with van der Waals surface area (Å²) < 4.78 is 5.44. The number of amides is 6. The first-order valence-electron chi connectivity index (χ1n) is 13.1. The van der Waals surface area contributed by atoms with Crippen LogP contribution in [0.1, 0.15) is 19.8 Å². The lowest BCUT2D eigenvalue weighted by Gasteiger charge is -2.24. The standard InChI is InChI=1S/C23H38B3N7O7/c1-16(34)31(13-21(37)30-12-17-2-3-18(26)40-17)8-5-28-20(36)15-33(23(39)11-25)9-6-29-19(35)14-32(7-4-27)22(38)10-24/h17-18H,2-15,27H2,1H3,(H,28,36)(H,29,35)(H,30,37). The van der Waals surface area contributed by atoms with Gasteiger partial charge >= 0.3 is 0 Å². The van der Waals surface area contributed by atoms with Crippen LogP contribution in [0.25, 0.3) is 0 Å². The van der Waals surface area contributed by atoms with E-state index in [0.29, 0.717) is 6.42 Å². The average Bonchev–Trinajstić information content (AvgIpc) is 3.34. The Balaban J connectivity index is 2.46. The third-order valence-electron chi connectivity index (χ3n) is 5.98. The van der Waals surface area contributed by atoms with E-state index >= 15 is 0 Å². The second-order valence-electron chi connectivity index (χ2n) is 9.15. The van der Waals surface area contributed by atoms with Crippen molar-refractivity contribution in [3.8, 4) is 0 Å². The zero-order valence-corrected chi connectivity index (χ0v) is 23.1. The third-order valence-corrected chi connectivity index (χ3v) is 5.98. The SMILES string of the molecule is [B]CC(=O)N(CCN)CC(=O)NCCN(CC(=O)NCCN(CC(=O)NCC1CCC([B])O1)C(C)=O)C(=O)C[B]. The van der Waals surface area contributed by atoms with E-state index in [2.05, 4.69) is 16.0 Å². The summed E-state index contributed by atoms with van der Waals surface area (Å²) in [6.07, 6.45) is 0.686. The molecule has 0 spiro atoms. The van der Waals surface area contributed by atoms with Gasteiger partial charge in [-0.25, -0.2) is 0 Å². The first-order chi connectivity index (χ1) is 19.0. The van der Waals surface area contributed by atoms with Crippen molar-refractivity contribution in [2.45, 2.75) is 44.5 Å². The van der Waals surface area contributed by atoms with Crippen molar-refractivity contribution in [3.05, 3.63) is 0 Å². The molecule has 1 saturated heterocycles. The first kappa shape index (κ1) is 35.0. The normalized spacial score (nSPS) is 16.1. The van der Waals surface area contributed by atoms with Crippen LogP contribution in [0.2, 0.25) is 12.6 Å². The molecule has 0 aliphatic carbocycles. The maximum absolute atomic E-state index is 12.4. The van der Waals surface area contributed by atoms with Crippen molar-refractivity contribution >= 4 is 59.0 Å². The van der Waals surface area contributed by atoms with Crippen molar-refractivity contribution < 1.29 is 33.5 Å². The molecule has 5 N–H and O–H groups in total. The molecule has 0 aromatic heterocycles. The summed E-state index contributed by atoms with van der Waals surface area (Å²) >= 11 is 0. The van der Waals surface area contributed by atoms with Crippen LogP contribution in [-0.2, 0) is 33.5 Å². The Morgan fingerprint density at radius 3 is 1.70 bits per heavy atom. The summed E-state index contributed by atoms with van der Waals surface area (Å²) in [4.78, 5) is 76.5. The number of carbonyl (C=O) groups is 6. The van der Waals surface area contributed by atoms with Gasteiger partial charge in [-0.15, -0.1) is 0 Å². The summed E-state index contributed by atoms with van der Waals surface area (Å²) in [5.74, 6) is -2.65. The summed E-state index contributed by atoms with van der Waals surface area (Å²) in [5, 5.41) is 7.89. The van der Waals surface area contributed by atoms with Crippen molar-refractivity contribution in [2.24, 2.45) is 5.73 Å². The van der Waals surface area contributed by atoms with E-state index in [-0.39, 0.29) is 102 Å². The zero-order valence-electron chi connectivity index (χ0n) is 23.1. The number of nitrogens with zero attached hydrogens (tertiary/aromatic N) is 3. The Hall–Kier alpha value is -3.07. The Kier molecular flexibility index (Phi) is 16.7. The number of hydrogen-bond acceptors (Lipinski definition) is 8. The molecule has 0 aromatic carbocycles. The van der Waals surface area contributed by atoms with Gasteiger partial charge in [-0.3, -0.25) is 28.8 Å². The number of carbonyl (C=O) groups excluding carboxylic acids is 6. The Morgan fingerprint density at radius 1 is 0.775 bits per heavy atom. The van der Waals surface area contributed by atoms with Crippen LogP contribution in [0.15, 0.2) is 0 Å². The van der Waals surface area contributed by atoms with Gasteiger partial charge in [0, 0.05) is 58.7 Å². The van der Waals surface area contributed by atoms with Crippen LogP contribution in [0.3, 0.4) is 0 Å². The Bertz CT molecular complexity index is 884. The topological polar surface area (TPSA) is 183 Å². The molecule has 0 bridgehead atoms. The minimum absolute atomic E-state index is 0.00767. The highest BCUT2D eigenvalue weighted by atomic mass is 16.5. The lowest BCUT2D eigenvalue weighted by Crippen LogP contribution is -2.48. The average molecular weight is 557 g/mol. The van der Waals surface area contributed by atoms with E-state index in [1.807, 2.05) is 0 Å². The summed E-state index contributed by atoms with van der Waals surface area (Å²) in [6.45, 7) is 1.27. The number of ether oxygens (including phenoxy) is 1. The van der Waals surface area contributed by atoms with E-state index in [9.17, 15) is 28.8 Å². The highest BCUT2D eigenvalue weighted by Crippen LogP contribution is 2.16. The molecule has 6 radical (unpaired) electrons. The van der Waals surface area contributed by atoms with Crippen LogP contribution in [0.5, 0.6) is 0 Å². The molecule has 2 unspecified atom stereocenters. The largest absolute Gasteiger partial charge is 0.383 e. The monoisotopic (exact) mass is 557 g/mol. The van der Waals surface area contributed by atoms with Crippen molar-refractivity contribution in [1.82, 2.24) is 30.7 Å². The zero-order chi connectivity index (χ0) is 30.1. The fraction of sp³-hybridized carbons (Fsp3) is 0.739. The molecule has 0 saturated carbocycles. The molecule has 40 heavy (non-hydrogen) atoms. The summed E-state index contributed by atoms with van der Waals surface area (Å²) in [5.41, 5.74) is 5.45. The molecule has 2 atom stereocenters. The fourth-order valence-electron chi connectivity index (χ4n) is 3.81. The summed E-state index contributed by atoms with van der Waals surface area (Å²) in [6, 6.07) is -0.333. The highest BCUT2D eigenvalue weighted by Gasteiger charge is 2.23. The molecule has 1 rings (SSSR count). The smallest absolute Gasteiger partial charge is 0.239 e. The van der Waals surface area contributed by atoms with Gasteiger partial charge in [-0.2, -0.15) is 0 Å². The number of rotatable bonds is 18. The van der Waals surface area contributed by atoms with Crippen LogP contribution in [0.4, 0.5) is 0 Å². The van der Waals surface area contributed by atoms with Gasteiger partial charge < -0.3 is 41.1 Å². The molecule has 14 nitrogen and oxygen atoms in total. The second-order valence-corrected chi connectivity index (χ2v) is 9.15. The molecule has 1 fully saturated rings. The van der Waals surface area contributed by atoms with E-state index in [1.54, 1.807) is 0 Å². The van der Waals surface area contributed by atoms with Crippen LogP contribution >= 0.6 is 0 Å². The number of nitrogens with two attached hydrogens (primary N) is 1. The number of hydrogen-bond donors (Lipinski definition) is 4. The molecule has 216 valence electrons. The van der Waals surface area contributed by atoms with Gasteiger partial charge in [0.2, 0.25) is 35.4 Å². The highest BCUT2D eigenvalue weighted by molar-refractivity contribution is 6.20. The molecule has 1 aliphatic rings. The maximum atomic E-state index is 12.4. The second kappa shape index (κ2) is 19.1. The lowest BCUT2D eigenvalue weighted by atomic mass is 9.97. The maximum Gasteiger partial charge on any atom is 0.239 e. The minimum Gasteiger partial charge on any atom is -0.383 e. The molecule has 17 heteroatoms. The molecular weight excluding hydrogens is 519 g/mol. The van der Waals surface area contributed by atoms with Crippen LogP contribution < -0.4 is 21.7 Å². The first-order valence-corrected chi connectivity index (χ1v) is 13.1. The molecule has 1 heterocycles. The quantitative estimate of drug-likeness (QED) is 0.122. The van der Waals surface area contributed by atoms with Crippen LogP contribution in [0, 0.1) is 0 Å². The lowest BCUT2D eigenvalue weighted by molar-refractivity contribution is -0.135. The molecule has 6 amide bonds. The summed E-state index contributed by atoms with van der Waals surface area (Å²) in [7, 11) is 16.5. The minimum atomic E-state index is -0.515. The van der Waals surface area contributed by atoms with E-state index in [4.69, 9.17) is 34.0 Å². The van der Waals surface area contributed by atoms with Gasteiger partial charge in [0.1, 0.15) is 7.85 Å². The fourth-order valence-corrected chi connectivity index (χ4v) is 3.81. The van der Waals surface area contributed by atoms with Crippen molar-refractivity contribution in [3.63, 3.8) is 0 Å². The van der Waals surface area contributed by atoms with E-state index in [0.717, 1.165) is 6.42 Å². The Labute approximate surface area is 239 Å². The van der Waals surface area contributed by atoms with Gasteiger partial charge in [0.25, 0.3) is 0 Å². The number of nitrogens with one attached hydrogen (secondary N) is 3. The van der Waals surface area contributed by atoms with Gasteiger partial charge in [0.05, 0.1) is 41.4 Å². The van der Waals surface area contributed by atoms with E-state index < -0.39 is 23.6 Å². The predicted molar refractivity (Wildman–Crippen MR) is 148 cm³/mol. The van der Waals surface area contributed by atoms with Crippen LogP contribution in [-0.4, -0.2) is 151 Å². The molecular formula is C23H38B3N7O7. The van der Waals surface area contributed by atoms with E-state index in [1.165, 1.54) is 21.6 Å². The predicted octanol–water partition coefficient (Wildman–Crippen LogP) is -4.35. The van der Waals surface area contributed by atoms with Gasteiger partial charge in [-0.05, 0) is 25.5 Å². The van der Waals surface area contributed by atoms with Crippen molar-refractivity contribution in [1.29, 1.82) is 0 Å². The Morgan fingerprint density at radius 2 is 1.25 bits per heavy atom. The van der Waals surface area contributed by atoms with Gasteiger partial charge in [-0.1, -0.05) is 0 Å². The van der Waals surface area contributed by atoms with Gasteiger partial charge in [0.15, 0.2) is 0 Å². The third kappa shape index (κ3) is 13.8. The molecule has 0 aromatic rings.